The molecule has 5 nitrogen and oxygen atoms in total. The maximum Gasteiger partial charge on any atom is 0.268 e. The lowest BCUT2D eigenvalue weighted by Gasteiger charge is -2.25. The lowest BCUT2D eigenvalue weighted by molar-refractivity contribution is 0.469. The van der Waals surface area contributed by atoms with Crippen LogP contribution in [0.25, 0.3) is 0 Å². The second kappa shape index (κ2) is 5.81. The molecule has 1 atom stereocenters. The lowest BCUT2D eigenvalue weighted by atomic mass is 10.0. The first-order valence-corrected chi connectivity index (χ1v) is 7.61. The van der Waals surface area contributed by atoms with E-state index in [0.29, 0.717) is 10.3 Å². The summed E-state index contributed by atoms with van der Waals surface area (Å²) in [5, 5.41) is 4.43. The largest absolute Gasteiger partial charge is 0.288 e. The van der Waals surface area contributed by atoms with Crippen molar-refractivity contribution in [3.8, 4) is 0 Å². The number of fused-ring (bicyclic) bond motifs is 1. The van der Waals surface area contributed by atoms with Crippen molar-refractivity contribution in [1.29, 1.82) is 0 Å². The van der Waals surface area contributed by atoms with Crippen LogP contribution in [0.15, 0.2) is 50.9 Å². The maximum atomic E-state index is 12.2. The molecule has 0 saturated carbocycles. The Morgan fingerprint density at radius 1 is 1.38 bits per heavy atom. The van der Waals surface area contributed by atoms with Gasteiger partial charge in [-0.05, 0) is 47.8 Å². The number of halogens is 1. The molecular weight excluding hydrogens is 332 g/mol. The summed E-state index contributed by atoms with van der Waals surface area (Å²) in [5.74, 6) is 0.644. The zero-order chi connectivity index (χ0) is 14.8. The van der Waals surface area contributed by atoms with Gasteiger partial charge < -0.3 is 0 Å². The molecule has 0 fully saturated rings. The van der Waals surface area contributed by atoms with Crippen LogP contribution in [0, 0.1) is 0 Å². The Morgan fingerprint density at radius 2 is 2.14 bits per heavy atom. The highest BCUT2D eigenvalue weighted by Crippen LogP contribution is 2.22. The summed E-state index contributed by atoms with van der Waals surface area (Å²) in [5.41, 5.74) is 4.69. The molecule has 1 N–H and O–H groups in total. The van der Waals surface area contributed by atoms with Gasteiger partial charge in [-0.2, -0.15) is 5.10 Å². The van der Waals surface area contributed by atoms with Gasteiger partial charge in [-0.15, -0.1) is 0 Å². The molecule has 3 rings (SSSR count). The van der Waals surface area contributed by atoms with Crippen molar-refractivity contribution in [3.63, 3.8) is 0 Å². The summed E-state index contributed by atoms with van der Waals surface area (Å²) < 4.78 is 2.19. The van der Waals surface area contributed by atoms with Crippen molar-refractivity contribution in [3.05, 3.63) is 57.2 Å². The smallest absolute Gasteiger partial charge is 0.268 e. The molecule has 2 heterocycles. The molecule has 108 valence electrons. The Kier molecular flexibility index (Phi) is 3.88. The minimum absolute atomic E-state index is 0.0559. The van der Waals surface area contributed by atoms with E-state index in [1.165, 1.54) is 0 Å². The SMILES string of the molecule is CC1CC/C(=N\Nc2ccccc2)c2ncc(Br)c(=O)n21. The summed E-state index contributed by atoms with van der Waals surface area (Å²) >= 11 is 3.25. The number of hydrogen-bond donors (Lipinski definition) is 1. The van der Waals surface area contributed by atoms with Gasteiger partial charge >= 0.3 is 0 Å². The summed E-state index contributed by atoms with van der Waals surface area (Å²) in [6, 6.07) is 9.86. The summed E-state index contributed by atoms with van der Waals surface area (Å²) in [7, 11) is 0. The Morgan fingerprint density at radius 3 is 2.90 bits per heavy atom. The number of rotatable bonds is 2. The fourth-order valence-corrected chi connectivity index (χ4v) is 2.70. The number of hydrogen-bond acceptors (Lipinski definition) is 4. The minimum atomic E-state index is -0.0559. The molecule has 1 aliphatic rings. The van der Waals surface area contributed by atoms with Crippen LogP contribution in [0.3, 0.4) is 0 Å². The maximum absolute atomic E-state index is 12.2. The molecule has 1 aliphatic heterocycles. The first-order valence-electron chi connectivity index (χ1n) is 6.82. The molecule has 0 saturated heterocycles. The summed E-state index contributed by atoms with van der Waals surface area (Å²) in [6.45, 7) is 2.03. The lowest BCUT2D eigenvalue weighted by Crippen LogP contribution is -2.34. The second-order valence-corrected chi connectivity index (χ2v) is 5.88. The molecule has 1 unspecified atom stereocenters. The van der Waals surface area contributed by atoms with Crippen LogP contribution in [0.5, 0.6) is 0 Å². The van der Waals surface area contributed by atoms with Crippen LogP contribution < -0.4 is 11.0 Å². The third-order valence-electron chi connectivity index (χ3n) is 3.54. The second-order valence-electron chi connectivity index (χ2n) is 5.03. The van der Waals surface area contributed by atoms with Crippen molar-refractivity contribution in [1.82, 2.24) is 9.55 Å². The van der Waals surface area contributed by atoms with Gasteiger partial charge in [0.25, 0.3) is 5.56 Å². The number of benzene rings is 1. The first kappa shape index (κ1) is 14.0. The molecule has 0 amide bonds. The van der Waals surface area contributed by atoms with E-state index >= 15 is 0 Å². The molecule has 0 aliphatic carbocycles. The molecule has 6 heteroatoms. The molecule has 0 radical (unpaired) electrons. The van der Waals surface area contributed by atoms with Crippen LogP contribution in [0.1, 0.15) is 31.6 Å². The predicted molar refractivity (Wildman–Crippen MR) is 86.7 cm³/mol. The monoisotopic (exact) mass is 346 g/mol. The molecule has 1 aromatic heterocycles. The molecule has 1 aromatic carbocycles. The summed E-state index contributed by atoms with van der Waals surface area (Å²) in [4.78, 5) is 16.6. The van der Waals surface area contributed by atoms with Crippen molar-refractivity contribution in [2.75, 3.05) is 5.43 Å². The topological polar surface area (TPSA) is 59.3 Å². The van der Waals surface area contributed by atoms with Crippen molar-refractivity contribution < 1.29 is 0 Å². The van der Waals surface area contributed by atoms with Crippen LogP contribution >= 0.6 is 15.9 Å². The van der Waals surface area contributed by atoms with Crippen LogP contribution in [0.4, 0.5) is 5.69 Å². The number of nitrogens with one attached hydrogen (secondary N) is 1. The average Bonchev–Trinajstić information content (AvgIpc) is 2.51. The highest BCUT2D eigenvalue weighted by molar-refractivity contribution is 9.10. The van der Waals surface area contributed by atoms with Gasteiger partial charge in [0.2, 0.25) is 0 Å². The number of hydrazone groups is 1. The fourth-order valence-electron chi connectivity index (χ4n) is 2.41. The Bertz CT molecular complexity index is 739. The predicted octanol–water partition coefficient (Wildman–Crippen LogP) is 3.18. The van der Waals surface area contributed by atoms with E-state index in [1.807, 2.05) is 37.3 Å². The van der Waals surface area contributed by atoms with Gasteiger partial charge in [0.15, 0.2) is 5.82 Å². The standard InChI is InChI=1S/C15H15BrN4O/c1-10-7-8-13(19-18-11-5-3-2-4-6-11)14-17-9-12(16)15(21)20(10)14/h2-6,9-10,18H,7-8H2,1H3/b19-13+. The van der Waals surface area contributed by atoms with Crippen molar-refractivity contribution in [2.45, 2.75) is 25.8 Å². The minimum Gasteiger partial charge on any atom is -0.288 e. The van der Waals surface area contributed by atoms with E-state index in [2.05, 4.69) is 31.4 Å². The molecule has 2 aromatic rings. The first-order chi connectivity index (χ1) is 10.2. The zero-order valence-electron chi connectivity index (χ0n) is 11.6. The van der Waals surface area contributed by atoms with Gasteiger partial charge in [0.1, 0.15) is 10.2 Å². The van der Waals surface area contributed by atoms with E-state index in [0.717, 1.165) is 24.2 Å². The highest BCUT2D eigenvalue weighted by Gasteiger charge is 2.24. The Hall–Kier alpha value is -1.95. The molecule has 0 spiro atoms. The number of nitrogens with zero attached hydrogens (tertiary/aromatic N) is 3. The molecule has 21 heavy (non-hydrogen) atoms. The van der Waals surface area contributed by atoms with Gasteiger partial charge in [-0.3, -0.25) is 14.8 Å². The van der Waals surface area contributed by atoms with Crippen LogP contribution in [0.2, 0.25) is 0 Å². The summed E-state index contributed by atoms with van der Waals surface area (Å²) in [6.07, 6.45) is 3.22. The van der Waals surface area contributed by atoms with Crippen molar-refractivity contribution >= 4 is 27.3 Å². The van der Waals surface area contributed by atoms with E-state index in [-0.39, 0.29) is 11.6 Å². The third-order valence-corrected chi connectivity index (χ3v) is 4.09. The average molecular weight is 347 g/mol. The number of anilines is 1. The normalized spacial score (nSPS) is 19.3. The van der Waals surface area contributed by atoms with Gasteiger partial charge in [0.05, 0.1) is 5.69 Å². The Balaban J connectivity index is 1.98. The Labute approximate surface area is 130 Å². The third kappa shape index (κ3) is 2.76. The molecular formula is C15H15BrN4O. The number of para-hydroxylation sites is 1. The van der Waals surface area contributed by atoms with E-state index in [9.17, 15) is 4.79 Å². The van der Waals surface area contributed by atoms with Gasteiger partial charge in [-0.25, -0.2) is 4.98 Å². The highest BCUT2D eigenvalue weighted by atomic mass is 79.9. The van der Waals surface area contributed by atoms with E-state index < -0.39 is 0 Å². The number of aromatic nitrogens is 2. The van der Waals surface area contributed by atoms with Crippen molar-refractivity contribution in [2.24, 2.45) is 5.10 Å². The zero-order valence-corrected chi connectivity index (χ0v) is 13.2. The quantitative estimate of drug-likeness (QED) is 0.849. The van der Waals surface area contributed by atoms with E-state index in [4.69, 9.17) is 0 Å². The van der Waals surface area contributed by atoms with Crippen LogP contribution in [-0.4, -0.2) is 15.3 Å². The fraction of sp³-hybridized carbons (Fsp3) is 0.267. The van der Waals surface area contributed by atoms with Crippen LogP contribution in [-0.2, 0) is 0 Å². The van der Waals surface area contributed by atoms with Gasteiger partial charge in [-0.1, -0.05) is 18.2 Å². The van der Waals surface area contributed by atoms with Gasteiger partial charge in [0, 0.05) is 12.2 Å². The van der Waals surface area contributed by atoms with E-state index in [1.54, 1.807) is 10.8 Å². The molecule has 0 bridgehead atoms.